The summed E-state index contributed by atoms with van der Waals surface area (Å²) in [5.41, 5.74) is 2.65. The molecular formula is C11H14N2. The number of fused-ring (bicyclic) bond motifs is 1. The highest BCUT2D eigenvalue weighted by Gasteiger charge is 2.25. The minimum Gasteiger partial charge on any atom is -0.385 e. The molecule has 0 aromatic heterocycles. The Balaban J connectivity index is 2.20. The Morgan fingerprint density at radius 3 is 3.23 bits per heavy atom. The summed E-state index contributed by atoms with van der Waals surface area (Å²) in [7, 11) is 0. The molecular weight excluding hydrogens is 160 g/mol. The van der Waals surface area contributed by atoms with Gasteiger partial charge in [0.1, 0.15) is 0 Å². The normalized spacial score (nSPS) is 31.1. The van der Waals surface area contributed by atoms with Crippen LogP contribution in [0, 0.1) is 23.2 Å². The maximum Gasteiger partial charge on any atom is 0.0628 e. The molecule has 2 nitrogen and oxygen atoms in total. The maximum atomic E-state index is 8.69. The molecule has 0 bridgehead atoms. The van der Waals surface area contributed by atoms with E-state index in [-0.39, 0.29) is 0 Å². The Kier molecular flexibility index (Phi) is 2.10. The number of allylic oxidation sites excluding steroid dienone is 3. The van der Waals surface area contributed by atoms with Crippen LogP contribution in [0.15, 0.2) is 23.4 Å². The van der Waals surface area contributed by atoms with Crippen LogP contribution in [0.4, 0.5) is 0 Å². The van der Waals surface area contributed by atoms with Gasteiger partial charge >= 0.3 is 0 Å². The summed E-state index contributed by atoms with van der Waals surface area (Å²) in [5, 5.41) is 12.1. The monoisotopic (exact) mass is 174 g/mol. The van der Waals surface area contributed by atoms with Crippen LogP contribution in [0.25, 0.3) is 0 Å². The van der Waals surface area contributed by atoms with E-state index >= 15 is 0 Å². The van der Waals surface area contributed by atoms with Gasteiger partial charge in [0.2, 0.25) is 0 Å². The molecule has 1 fully saturated rings. The van der Waals surface area contributed by atoms with Gasteiger partial charge in [-0.3, -0.25) is 0 Å². The Hall–Kier alpha value is -1.23. The molecule has 0 aromatic rings. The minimum atomic E-state index is 0.474. The zero-order chi connectivity index (χ0) is 9.26. The molecule has 1 N–H and O–H groups in total. The van der Waals surface area contributed by atoms with Crippen molar-refractivity contribution in [3.8, 4) is 6.07 Å². The zero-order valence-electron chi connectivity index (χ0n) is 7.88. The predicted molar refractivity (Wildman–Crippen MR) is 51.7 cm³/mol. The van der Waals surface area contributed by atoms with Gasteiger partial charge in [0.25, 0.3) is 0 Å². The molecule has 0 radical (unpaired) electrons. The molecule has 2 heteroatoms. The van der Waals surface area contributed by atoms with E-state index in [4.69, 9.17) is 5.26 Å². The Morgan fingerprint density at radius 2 is 2.46 bits per heavy atom. The molecule has 2 atom stereocenters. The summed E-state index contributed by atoms with van der Waals surface area (Å²) < 4.78 is 0. The van der Waals surface area contributed by atoms with Crippen molar-refractivity contribution in [2.24, 2.45) is 11.8 Å². The van der Waals surface area contributed by atoms with Gasteiger partial charge in [-0.15, -0.1) is 0 Å². The lowest BCUT2D eigenvalue weighted by molar-refractivity contribution is 0.513. The van der Waals surface area contributed by atoms with Gasteiger partial charge in [-0.25, -0.2) is 0 Å². The fourth-order valence-electron chi connectivity index (χ4n) is 2.16. The van der Waals surface area contributed by atoms with Crippen LogP contribution in [0.5, 0.6) is 0 Å². The number of rotatable bonds is 1. The number of nitrogens with one attached hydrogen (secondary N) is 1. The lowest BCUT2D eigenvalue weighted by atomic mass is 9.89. The van der Waals surface area contributed by atoms with Crippen LogP contribution in [0.3, 0.4) is 0 Å². The zero-order valence-corrected chi connectivity index (χ0v) is 7.88. The summed E-state index contributed by atoms with van der Waals surface area (Å²) in [6.45, 7) is 3.20. The standard InChI is InChI=1S/C11H14N2/c1-8-6-10-9(2-4-12)3-5-13-11(10)7-8/h6-9,13H,2-3,5H2,1H3. The third-order valence-electron chi connectivity index (χ3n) is 2.77. The predicted octanol–water partition coefficient (Wildman–Crippen LogP) is 1.97. The van der Waals surface area contributed by atoms with Gasteiger partial charge < -0.3 is 5.32 Å². The summed E-state index contributed by atoms with van der Waals surface area (Å²) in [4.78, 5) is 0. The molecule has 13 heavy (non-hydrogen) atoms. The SMILES string of the molecule is CC1C=C2NCCC(CC#N)C2=C1. The third kappa shape index (κ3) is 1.47. The van der Waals surface area contributed by atoms with Crippen molar-refractivity contribution in [2.75, 3.05) is 6.54 Å². The first-order valence-electron chi connectivity index (χ1n) is 4.86. The van der Waals surface area contributed by atoms with Gasteiger partial charge in [0, 0.05) is 24.6 Å². The van der Waals surface area contributed by atoms with E-state index in [0.29, 0.717) is 18.3 Å². The second-order valence-electron chi connectivity index (χ2n) is 3.84. The van der Waals surface area contributed by atoms with Crippen LogP contribution in [0.1, 0.15) is 19.8 Å². The van der Waals surface area contributed by atoms with Crippen LogP contribution >= 0.6 is 0 Å². The van der Waals surface area contributed by atoms with E-state index in [0.717, 1.165) is 13.0 Å². The third-order valence-corrected chi connectivity index (χ3v) is 2.77. The van der Waals surface area contributed by atoms with E-state index in [1.807, 2.05) is 0 Å². The molecule has 2 unspecified atom stereocenters. The second-order valence-corrected chi connectivity index (χ2v) is 3.84. The van der Waals surface area contributed by atoms with Crippen molar-refractivity contribution in [1.82, 2.24) is 5.32 Å². The summed E-state index contributed by atoms with van der Waals surface area (Å²) in [6, 6.07) is 2.27. The van der Waals surface area contributed by atoms with Crippen LogP contribution in [-0.4, -0.2) is 6.54 Å². The van der Waals surface area contributed by atoms with E-state index in [1.165, 1.54) is 11.3 Å². The maximum absolute atomic E-state index is 8.69. The smallest absolute Gasteiger partial charge is 0.0628 e. The van der Waals surface area contributed by atoms with Crippen molar-refractivity contribution < 1.29 is 0 Å². The van der Waals surface area contributed by atoms with Crippen molar-refractivity contribution in [1.29, 1.82) is 5.26 Å². The van der Waals surface area contributed by atoms with E-state index in [9.17, 15) is 0 Å². The van der Waals surface area contributed by atoms with Crippen LogP contribution < -0.4 is 5.32 Å². The topological polar surface area (TPSA) is 35.8 Å². The number of hydrogen-bond donors (Lipinski definition) is 1. The Labute approximate surface area is 78.9 Å². The highest BCUT2D eigenvalue weighted by Crippen LogP contribution is 2.34. The van der Waals surface area contributed by atoms with Gasteiger partial charge in [0.05, 0.1) is 6.07 Å². The highest BCUT2D eigenvalue weighted by atomic mass is 14.9. The lowest BCUT2D eigenvalue weighted by Crippen LogP contribution is -2.27. The minimum absolute atomic E-state index is 0.474. The van der Waals surface area contributed by atoms with Crippen LogP contribution in [-0.2, 0) is 0 Å². The average Bonchev–Trinajstić information content (AvgIpc) is 2.47. The Morgan fingerprint density at radius 1 is 1.62 bits per heavy atom. The molecule has 2 rings (SSSR count). The summed E-state index contributed by atoms with van der Waals surface area (Å²) >= 11 is 0. The van der Waals surface area contributed by atoms with E-state index < -0.39 is 0 Å². The van der Waals surface area contributed by atoms with Crippen molar-refractivity contribution >= 4 is 0 Å². The Bertz CT molecular complexity index is 307. The molecule has 1 heterocycles. The van der Waals surface area contributed by atoms with Gasteiger partial charge in [-0.1, -0.05) is 19.1 Å². The van der Waals surface area contributed by atoms with Gasteiger partial charge in [-0.05, 0) is 17.9 Å². The first-order chi connectivity index (χ1) is 6.31. The van der Waals surface area contributed by atoms with Crippen LogP contribution in [0.2, 0.25) is 0 Å². The molecule has 0 amide bonds. The quantitative estimate of drug-likeness (QED) is 0.659. The summed E-state index contributed by atoms with van der Waals surface area (Å²) in [6.07, 6.45) is 6.30. The van der Waals surface area contributed by atoms with Gasteiger partial charge in [0.15, 0.2) is 0 Å². The number of piperidine rings is 1. The molecule has 0 aromatic carbocycles. The van der Waals surface area contributed by atoms with Gasteiger partial charge in [-0.2, -0.15) is 5.26 Å². The first-order valence-corrected chi connectivity index (χ1v) is 4.86. The number of nitriles is 1. The average molecular weight is 174 g/mol. The molecule has 1 saturated heterocycles. The van der Waals surface area contributed by atoms with E-state index in [1.54, 1.807) is 0 Å². The highest BCUT2D eigenvalue weighted by molar-refractivity contribution is 5.41. The number of nitrogens with zero attached hydrogens (tertiary/aromatic N) is 1. The first kappa shape index (κ1) is 8.37. The largest absolute Gasteiger partial charge is 0.385 e. The fourth-order valence-corrected chi connectivity index (χ4v) is 2.16. The second kappa shape index (κ2) is 3.26. The van der Waals surface area contributed by atoms with E-state index in [2.05, 4.69) is 30.5 Å². The van der Waals surface area contributed by atoms with Crippen molar-refractivity contribution in [3.63, 3.8) is 0 Å². The molecule has 0 saturated carbocycles. The molecule has 0 spiro atoms. The number of hydrogen-bond acceptors (Lipinski definition) is 2. The fraction of sp³-hybridized carbons (Fsp3) is 0.545. The molecule has 1 aliphatic heterocycles. The van der Waals surface area contributed by atoms with Crippen molar-refractivity contribution in [2.45, 2.75) is 19.8 Å². The lowest BCUT2D eigenvalue weighted by Gasteiger charge is -2.25. The summed E-state index contributed by atoms with van der Waals surface area (Å²) in [5.74, 6) is 1.01. The molecule has 2 aliphatic rings. The molecule has 68 valence electrons. The molecule has 1 aliphatic carbocycles. The van der Waals surface area contributed by atoms with Crippen molar-refractivity contribution in [3.05, 3.63) is 23.4 Å².